The number of anilines is 4. The van der Waals surface area contributed by atoms with Crippen molar-refractivity contribution in [2.24, 2.45) is 0 Å². The molecule has 1 spiro atoms. The summed E-state index contributed by atoms with van der Waals surface area (Å²) < 4.78 is 43.2. The van der Waals surface area contributed by atoms with E-state index in [0.29, 0.717) is 46.4 Å². The van der Waals surface area contributed by atoms with E-state index in [1.807, 2.05) is 49.1 Å². The first-order valence-electron chi connectivity index (χ1n) is 18.3. The van der Waals surface area contributed by atoms with E-state index < -0.39 is 26.9 Å². The van der Waals surface area contributed by atoms with Gasteiger partial charge in [-0.25, -0.2) is 23.2 Å². The van der Waals surface area contributed by atoms with E-state index in [4.69, 9.17) is 29.3 Å². The number of amides is 1. The number of ether oxygens (including phenoxy) is 3. The van der Waals surface area contributed by atoms with Gasteiger partial charge in [0.2, 0.25) is 11.7 Å². The lowest BCUT2D eigenvalue weighted by molar-refractivity contribution is -0.118. The topological polar surface area (TPSA) is 167 Å². The number of sulfone groups is 1. The molecule has 1 saturated carbocycles. The van der Waals surface area contributed by atoms with Crippen molar-refractivity contribution >= 4 is 55.9 Å². The van der Waals surface area contributed by atoms with Gasteiger partial charge in [-0.3, -0.25) is 4.79 Å². The summed E-state index contributed by atoms with van der Waals surface area (Å²) in [5.41, 5.74) is 2.25. The van der Waals surface area contributed by atoms with Crippen LogP contribution in [0.3, 0.4) is 0 Å². The van der Waals surface area contributed by atoms with Crippen LogP contribution in [-0.4, -0.2) is 84.6 Å². The molecule has 2 atom stereocenters. The van der Waals surface area contributed by atoms with Crippen LogP contribution in [0, 0.1) is 0 Å². The second kappa shape index (κ2) is 12.8. The molecule has 0 radical (unpaired) electrons. The molecule has 0 bridgehead atoms. The fraction of sp³-hybridized carbons (Fsp3) is 0.513. The highest BCUT2D eigenvalue weighted by Gasteiger charge is 2.66. The van der Waals surface area contributed by atoms with Crippen molar-refractivity contribution in [3.63, 3.8) is 0 Å². The monoisotopic (exact) mass is 759 g/mol. The largest absolute Gasteiger partial charge is 0.496 e. The van der Waals surface area contributed by atoms with Crippen molar-refractivity contribution in [3.05, 3.63) is 52.8 Å². The third kappa shape index (κ3) is 6.39. The standard InChI is InChI=1S/C39H49N7O7S/c1-21(2)31-41-33(30(52-10)34(43-31)45-15-17-54(49,50)18-16-45)42-32-23-12-11-22(19-26(23)46(44-32)36(48)53-38(6,7)8)24-20-39(24)28-25(40-35(39)47)13-14-27(51-9)29(28)37(3,4)5/h11-14,19,21,24H,15-18,20H2,1-10H3,(H,40,47)(H,41,42,43,44)/t24-,39+/m0/s1. The molecule has 14 nitrogen and oxygen atoms in total. The van der Waals surface area contributed by atoms with E-state index in [0.717, 1.165) is 28.1 Å². The van der Waals surface area contributed by atoms with Crippen molar-refractivity contribution in [2.45, 2.75) is 90.1 Å². The van der Waals surface area contributed by atoms with Gasteiger partial charge in [-0.15, -0.1) is 5.10 Å². The van der Waals surface area contributed by atoms with Crippen molar-refractivity contribution in [2.75, 3.05) is 54.3 Å². The van der Waals surface area contributed by atoms with E-state index >= 15 is 0 Å². The minimum Gasteiger partial charge on any atom is -0.496 e. The van der Waals surface area contributed by atoms with E-state index in [2.05, 4.69) is 31.4 Å². The number of aromatic nitrogens is 4. The van der Waals surface area contributed by atoms with Crippen molar-refractivity contribution in [1.29, 1.82) is 0 Å². The zero-order valence-electron chi connectivity index (χ0n) is 32.6. The average molecular weight is 760 g/mol. The maximum Gasteiger partial charge on any atom is 0.435 e. The predicted molar refractivity (Wildman–Crippen MR) is 208 cm³/mol. The molecule has 7 rings (SSSR count). The third-order valence-corrected chi connectivity index (χ3v) is 11.9. The predicted octanol–water partition coefficient (Wildman–Crippen LogP) is 6.40. The number of benzene rings is 2. The van der Waals surface area contributed by atoms with Gasteiger partial charge in [0.1, 0.15) is 17.2 Å². The summed E-state index contributed by atoms with van der Waals surface area (Å²) in [4.78, 5) is 39.1. The van der Waals surface area contributed by atoms with Gasteiger partial charge in [-0.05, 0) is 68.0 Å². The maximum absolute atomic E-state index is 13.9. The summed E-state index contributed by atoms with van der Waals surface area (Å²) in [6.45, 7) is 16.2. The number of hydrogen-bond acceptors (Lipinski definition) is 12. The van der Waals surface area contributed by atoms with Crippen LogP contribution < -0.4 is 25.0 Å². The van der Waals surface area contributed by atoms with Crippen LogP contribution >= 0.6 is 0 Å². The summed E-state index contributed by atoms with van der Waals surface area (Å²) in [5.74, 6) is 2.46. The second-order valence-electron chi connectivity index (χ2n) is 16.7. The molecular formula is C39H49N7O7S. The molecule has 1 saturated heterocycles. The molecular weight excluding hydrogens is 711 g/mol. The Morgan fingerprint density at radius 1 is 1.00 bits per heavy atom. The minimum atomic E-state index is -3.14. The zero-order chi connectivity index (χ0) is 39.1. The molecule has 0 unspecified atom stereocenters. The number of methoxy groups -OCH3 is 2. The van der Waals surface area contributed by atoms with Gasteiger partial charge in [-0.2, -0.15) is 4.68 Å². The zero-order valence-corrected chi connectivity index (χ0v) is 33.4. The molecule has 2 N–H and O–H groups in total. The molecule has 288 valence electrons. The third-order valence-electron chi connectivity index (χ3n) is 10.3. The molecule has 4 aromatic rings. The normalized spacial score (nSPS) is 20.6. The molecule has 2 aliphatic heterocycles. The SMILES string of the molecule is COc1ccc2c(c1C(C)(C)C)[C@]1(C[C@H]1c1ccc3c(Nc4nc(C(C)C)nc(N5CCS(=O)(=O)CC5)c4OC)nn(C(=O)OC(C)(C)C)c3c1)C(=O)N2. The summed E-state index contributed by atoms with van der Waals surface area (Å²) in [6.07, 6.45) is -0.0738. The Morgan fingerprint density at radius 2 is 1.70 bits per heavy atom. The van der Waals surface area contributed by atoms with Crippen LogP contribution in [-0.2, 0) is 30.2 Å². The minimum absolute atomic E-state index is 0.00772. The molecule has 1 amide bonds. The van der Waals surface area contributed by atoms with Crippen molar-refractivity contribution < 1.29 is 32.2 Å². The van der Waals surface area contributed by atoms with Crippen LogP contribution in [0.15, 0.2) is 30.3 Å². The Balaban J connectivity index is 1.33. The molecule has 2 aromatic carbocycles. The summed E-state index contributed by atoms with van der Waals surface area (Å²) in [6, 6.07) is 9.61. The quantitative estimate of drug-likeness (QED) is 0.213. The van der Waals surface area contributed by atoms with Gasteiger partial charge in [0.25, 0.3) is 0 Å². The van der Waals surface area contributed by atoms with Crippen LogP contribution in [0.4, 0.5) is 27.9 Å². The van der Waals surface area contributed by atoms with Gasteiger partial charge in [0.05, 0.1) is 36.7 Å². The summed E-state index contributed by atoms with van der Waals surface area (Å²) in [7, 11) is 0.0207. The molecule has 4 heterocycles. The lowest BCUT2D eigenvalue weighted by atomic mass is 9.77. The summed E-state index contributed by atoms with van der Waals surface area (Å²) >= 11 is 0. The van der Waals surface area contributed by atoms with Crippen LogP contribution in [0.2, 0.25) is 0 Å². The number of carbonyl (C=O) groups is 2. The van der Waals surface area contributed by atoms with Gasteiger partial charge < -0.3 is 29.7 Å². The number of nitrogens with zero attached hydrogens (tertiary/aromatic N) is 5. The molecule has 3 aliphatic rings. The Kier molecular flexibility index (Phi) is 8.90. The highest BCUT2D eigenvalue weighted by atomic mass is 32.2. The first-order valence-corrected chi connectivity index (χ1v) is 20.1. The Hall–Kier alpha value is -4.92. The van der Waals surface area contributed by atoms with E-state index in [9.17, 15) is 18.0 Å². The number of rotatable bonds is 7. The lowest BCUT2D eigenvalue weighted by Crippen LogP contribution is -2.41. The van der Waals surface area contributed by atoms with Crippen LogP contribution in [0.1, 0.15) is 96.2 Å². The van der Waals surface area contributed by atoms with Crippen molar-refractivity contribution in [3.8, 4) is 11.5 Å². The highest BCUT2D eigenvalue weighted by Crippen LogP contribution is 2.67. The molecule has 54 heavy (non-hydrogen) atoms. The maximum atomic E-state index is 13.9. The Labute approximate surface area is 315 Å². The molecule has 1 aliphatic carbocycles. The van der Waals surface area contributed by atoms with Gasteiger partial charge in [0.15, 0.2) is 27.3 Å². The van der Waals surface area contributed by atoms with Crippen LogP contribution in [0.5, 0.6) is 11.5 Å². The molecule has 2 fully saturated rings. The van der Waals surface area contributed by atoms with Crippen LogP contribution in [0.25, 0.3) is 10.9 Å². The lowest BCUT2D eigenvalue weighted by Gasteiger charge is -2.30. The molecule has 15 heteroatoms. The van der Waals surface area contributed by atoms with Gasteiger partial charge in [0, 0.05) is 41.6 Å². The number of hydrogen-bond donors (Lipinski definition) is 2. The van der Waals surface area contributed by atoms with Crippen molar-refractivity contribution in [1.82, 2.24) is 19.7 Å². The van der Waals surface area contributed by atoms with E-state index in [1.54, 1.807) is 27.9 Å². The van der Waals surface area contributed by atoms with E-state index in [1.165, 1.54) is 11.8 Å². The molecule has 2 aromatic heterocycles. The highest BCUT2D eigenvalue weighted by molar-refractivity contribution is 7.91. The number of nitrogens with one attached hydrogen (secondary N) is 2. The van der Waals surface area contributed by atoms with Gasteiger partial charge in [-0.1, -0.05) is 40.7 Å². The fourth-order valence-electron chi connectivity index (χ4n) is 7.73. The number of carbonyl (C=O) groups excluding carboxylic acids is 2. The van der Waals surface area contributed by atoms with E-state index in [-0.39, 0.29) is 47.8 Å². The number of fused-ring (bicyclic) bond motifs is 3. The first-order chi connectivity index (χ1) is 25.3. The fourth-order valence-corrected chi connectivity index (χ4v) is 8.93. The average Bonchev–Trinajstić information content (AvgIpc) is 3.65. The Bertz CT molecular complexity index is 2290. The second-order valence-corrected chi connectivity index (χ2v) is 19.0. The van der Waals surface area contributed by atoms with Gasteiger partial charge >= 0.3 is 6.09 Å². The first kappa shape index (κ1) is 37.4. The smallest absolute Gasteiger partial charge is 0.435 e. The Morgan fingerprint density at radius 3 is 2.31 bits per heavy atom. The summed E-state index contributed by atoms with van der Waals surface area (Å²) in [5, 5.41) is 11.8.